The number of nitrogens with one attached hydrogen (secondary N) is 1. The van der Waals surface area contributed by atoms with Gasteiger partial charge in [-0.3, -0.25) is 4.79 Å². The topological polar surface area (TPSA) is 81.9 Å². The van der Waals surface area contributed by atoms with Crippen LogP contribution in [0.1, 0.15) is 76.7 Å². The Balaban J connectivity index is 1.46. The summed E-state index contributed by atoms with van der Waals surface area (Å²) in [6.45, 7) is 3.58. The second kappa shape index (κ2) is 13.5. The predicted octanol–water partition coefficient (Wildman–Crippen LogP) is 4.66. The van der Waals surface area contributed by atoms with E-state index in [2.05, 4.69) is 17.1 Å². The van der Waals surface area contributed by atoms with Gasteiger partial charge in [-0.2, -0.15) is 0 Å². The molecular weight excluding hydrogens is 498 g/mol. The molecule has 2 aliphatic carbocycles. The highest BCUT2D eigenvalue weighted by Gasteiger charge is 2.40. The van der Waals surface area contributed by atoms with E-state index < -0.39 is 0 Å². The van der Waals surface area contributed by atoms with Gasteiger partial charge in [0.15, 0.2) is 0 Å². The average Bonchev–Trinajstić information content (AvgIpc) is 2.92. The highest BCUT2D eigenvalue weighted by Crippen LogP contribution is 2.31. The number of nitrogens with two attached hydrogens (primary N) is 1. The number of rotatable bonds is 7. The van der Waals surface area contributed by atoms with Crippen LogP contribution in [0.15, 0.2) is 24.3 Å². The average molecular weight is 546 g/mol. The molecule has 0 aromatic heterocycles. The quantitative estimate of drug-likeness (QED) is 0.522. The van der Waals surface area contributed by atoms with E-state index in [-0.39, 0.29) is 36.0 Å². The summed E-state index contributed by atoms with van der Waals surface area (Å²) in [5, 5.41) is 4.42. The van der Waals surface area contributed by atoms with Crippen LogP contribution < -0.4 is 11.1 Å². The summed E-state index contributed by atoms with van der Waals surface area (Å²) in [4.78, 5) is 33.3. The monoisotopic (exact) mass is 545 g/mol. The lowest BCUT2D eigenvalue weighted by Crippen LogP contribution is -2.60. The molecule has 3 fully saturated rings. The maximum atomic E-state index is 14.0. The van der Waals surface area contributed by atoms with Crippen molar-refractivity contribution in [2.75, 3.05) is 27.2 Å². The fraction of sp³-hybridized carbons (Fsp3) is 0.733. The lowest BCUT2D eigenvalue weighted by molar-refractivity contribution is -0.136. The largest absolute Gasteiger partial charge is 0.341 e. The van der Waals surface area contributed by atoms with Gasteiger partial charge in [0.05, 0.1) is 6.04 Å². The number of nitrogens with zero attached hydrogens (tertiary/aromatic N) is 3. The first-order valence-corrected chi connectivity index (χ1v) is 15.1. The normalized spacial score (nSPS) is 27.6. The molecule has 4 rings (SSSR count). The van der Waals surface area contributed by atoms with Gasteiger partial charge in [-0.15, -0.1) is 0 Å². The molecule has 1 aromatic carbocycles. The molecule has 1 saturated heterocycles. The third-order valence-electron chi connectivity index (χ3n) is 8.96. The van der Waals surface area contributed by atoms with Crippen LogP contribution in [0.3, 0.4) is 0 Å². The van der Waals surface area contributed by atoms with Gasteiger partial charge in [0.1, 0.15) is 0 Å². The molecule has 0 spiro atoms. The first-order chi connectivity index (χ1) is 18.2. The van der Waals surface area contributed by atoms with Crippen molar-refractivity contribution in [1.29, 1.82) is 0 Å². The summed E-state index contributed by atoms with van der Waals surface area (Å²) >= 11 is 6.12. The maximum absolute atomic E-state index is 14.0. The number of hydrogen-bond acceptors (Lipinski definition) is 4. The molecule has 38 heavy (non-hydrogen) atoms. The Morgan fingerprint density at radius 1 is 1.03 bits per heavy atom. The number of piperidine rings is 1. The van der Waals surface area contributed by atoms with Gasteiger partial charge in [0.25, 0.3) is 0 Å². The summed E-state index contributed by atoms with van der Waals surface area (Å²) in [6, 6.07) is 8.73. The smallest absolute Gasteiger partial charge is 0.319 e. The van der Waals surface area contributed by atoms with Crippen molar-refractivity contribution in [3.05, 3.63) is 34.9 Å². The number of benzene rings is 1. The third kappa shape index (κ3) is 7.42. The van der Waals surface area contributed by atoms with Crippen LogP contribution in [0.5, 0.6) is 0 Å². The lowest BCUT2D eigenvalue weighted by Gasteiger charge is -2.48. The Kier molecular flexibility index (Phi) is 10.4. The number of carbonyl (C=O) groups excluding carboxylic acids is 2. The number of hydrogen-bond donors (Lipinski definition) is 2. The highest BCUT2D eigenvalue weighted by molar-refractivity contribution is 6.30. The van der Waals surface area contributed by atoms with E-state index in [1.807, 2.05) is 43.3 Å². The Labute approximate surface area is 234 Å². The van der Waals surface area contributed by atoms with Crippen molar-refractivity contribution < 1.29 is 9.59 Å². The van der Waals surface area contributed by atoms with E-state index in [0.29, 0.717) is 36.6 Å². The van der Waals surface area contributed by atoms with Crippen LogP contribution in [0.25, 0.3) is 0 Å². The summed E-state index contributed by atoms with van der Waals surface area (Å²) in [5.41, 5.74) is 7.25. The van der Waals surface area contributed by atoms with Gasteiger partial charge in [0, 0.05) is 56.4 Å². The molecule has 1 aromatic rings. The van der Waals surface area contributed by atoms with Crippen LogP contribution in [0.2, 0.25) is 5.02 Å². The minimum absolute atomic E-state index is 0.117. The van der Waals surface area contributed by atoms with Gasteiger partial charge in [0.2, 0.25) is 5.91 Å². The standard InChI is InChI=1S/C30H48ClN5O2/c1-21-20-35(18-17-28(21)36(30(38)34(2)3)26-7-5-4-6-8-26)29(37)27(19-22-9-11-23(31)12-10-22)33-25-15-13-24(32)14-16-25/h9-12,21,24-28,33H,4-8,13-20,32H2,1-3H3/t21?,24?,25?,27-,28?/m1/s1. The second-order valence-electron chi connectivity index (χ2n) is 12.2. The van der Waals surface area contributed by atoms with Crippen molar-refractivity contribution in [2.24, 2.45) is 11.7 Å². The molecule has 1 aliphatic heterocycles. The Hall–Kier alpha value is -1.83. The SMILES string of the molecule is CC1CN(C(=O)[C@@H](Cc2ccc(Cl)cc2)NC2CCC(N)CC2)CCC1N(C(=O)N(C)C)C1CCCCC1. The molecule has 3 aliphatic rings. The Morgan fingerprint density at radius 2 is 1.68 bits per heavy atom. The molecule has 2 unspecified atom stereocenters. The Bertz CT molecular complexity index is 912. The zero-order chi connectivity index (χ0) is 27.2. The fourth-order valence-corrected chi connectivity index (χ4v) is 6.90. The number of halogens is 1. The minimum atomic E-state index is -0.280. The molecule has 3 atom stereocenters. The molecule has 212 valence electrons. The molecule has 0 bridgehead atoms. The molecule has 7 nitrogen and oxygen atoms in total. The summed E-state index contributed by atoms with van der Waals surface area (Å²) < 4.78 is 0. The predicted molar refractivity (Wildman–Crippen MR) is 154 cm³/mol. The van der Waals surface area contributed by atoms with Crippen molar-refractivity contribution >= 4 is 23.5 Å². The third-order valence-corrected chi connectivity index (χ3v) is 9.21. The van der Waals surface area contributed by atoms with Crippen LogP contribution in [0, 0.1) is 5.92 Å². The van der Waals surface area contributed by atoms with Gasteiger partial charge in [-0.1, -0.05) is 49.9 Å². The van der Waals surface area contributed by atoms with Crippen LogP contribution >= 0.6 is 11.6 Å². The highest BCUT2D eigenvalue weighted by atomic mass is 35.5. The molecule has 0 radical (unpaired) electrons. The molecule has 3 amide bonds. The van der Waals surface area contributed by atoms with Gasteiger partial charge in [-0.25, -0.2) is 4.79 Å². The van der Waals surface area contributed by atoms with E-state index in [1.54, 1.807) is 4.90 Å². The van der Waals surface area contributed by atoms with Crippen molar-refractivity contribution in [3.8, 4) is 0 Å². The molecular formula is C30H48ClN5O2. The van der Waals surface area contributed by atoms with E-state index in [9.17, 15) is 9.59 Å². The molecule has 3 N–H and O–H groups in total. The minimum Gasteiger partial charge on any atom is -0.341 e. The second-order valence-corrected chi connectivity index (χ2v) is 12.6. The zero-order valence-electron chi connectivity index (χ0n) is 23.6. The number of likely N-dealkylation sites (tertiary alicyclic amines) is 1. The van der Waals surface area contributed by atoms with Gasteiger partial charge < -0.3 is 25.8 Å². The van der Waals surface area contributed by atoms with Crippen LogP contribution in [-0.4, -0.2) is 84.0 Å². The maximum Gasteiger partial charge on any atom is 0.319 e. The number of carbonyl (C=O) groups is 2. The first-order valence-electron chi connectivity index (χ1n) is 14.8. The van der Waals surface area contributed by atoms with Crippen molar-refractivity contribution in [3.63, 3.8) is 0 Å². The Morgan fingerprint density at radius 3 is 2.29 bits per heavy atom. The fourth-order valence-electron chi connectivity index (χ4n) is 6.77. The van der Waals surface area contributed by atoms with Gasteiger partial charge >= 0.3 is 6.03 Å². The lowest BCUT2D eigenvalue weighted by atomic mass is 9.87. The van der Waals surface area contributed by atoms with E-state index >= 15 is 0 Å². The summed E-state index contributed by atoms with van der Waals surface area (Å²) in [6.07, 6.45) is 11.3. The summed E-state index contributed by atoms with van der Waals surface area (Å²) in [7, 11) is 3.71. The van der Waals surface area contributed by atoms with E-state index in [1.165, 1.54) is 19.3 Å². The molecule has 1 heterocycles. The van der Waals surface area contributed by atoms with Crippen LogP contribution in [-0.2, 0) is 11.2 Å². The number of urea groups is 1. The molecule has 2 saturated carbocycles. The number of amides is 3. The zero-order valence-corrected chi connectivity index (χ0v) is 24.3. The molecule has 8 heteroatoms. The first kappa shape index (κ1) is 29.2. The van der Waals surface area contributed by atoms with E-state index in [0.717, 1.165) is 50.5 Å². The van der Waals surface area contributed by atoms with Crippen molar-refractivity contribution in [1.82, 2.24) is 20.0 Å². The summed E-state index contributed by atoms with van der Waals surface area (Å²) in [5.74, 6) is 0.394. The van der Waals surface area contributed by atoms with Crippen LogP contribution in [0.4, 0.5) is 4.79 Å². The van der Waals surface area contributed by atoms with E-state index in [4.69, 9.17) is 17.3 Å². The van der Waals surface area contributed by atoms with Crippen molar-refractivity contribution in [2.45, 2.75) is 108 Å². The van der Waals surface area contributed by atoms with Gasteiger partial charge in [-0.05, 0) is 75.0 Å².